The van der Waals surface area contributed by atoms with E-state index in [4.69, 9.17) is 10.5 Å². The molecule has 0 aromatic heterocycles. The van der Waals surface area contributed by atoms with Crippen molar-refractivity contribution in [3.8, 4) is 0 Å². The molecule has 1 aromatic rings. The monoisotopic (exact) mass is 355 g/mol. The SMILES string of the molecule is NC(=O)Cc1ccc(CCCOCCCCCCBr)cc1. The van der Waals surface area contributed by atoms with Crippen molar-refractivity contribution in [3.63, 3.8) is 0 Å². The molecule has 0 radical (unpaired) electrons. The molecule has 2 N–H and O–H groups in total. The van der Waals surface area contributed by atoms with Gasteiger partial charge in [-0.2, -0.15) is 0 Å². The van der Waals surface area contributed by atoms with Crippen molar-refractivity contribution in [1.29, 1.82) is 0 Å². The summed E-state index contributed by atoms with van der Waals surface area (Å²) in [5, 5.41) is 1.10. The Morgan fingerprint density at radius 2 is 1.57 bits per heavy atom. The second-order valence-corrected chi connectivity index (χ2v) is 6.07. The first-order chi connectivity index (χ1) is 10.2. The Morgan fingerprint density at radius 1 is 0.952 bits per heavy atom. The van der Waals surface area contributed by atoms with Crippen molar-refractivity contribution in [2.45, 2.75) is 44.9 Å². The van der Waals surface area contributed by atoms with E-state index in [0.29, 0.717) is 6.42 Å². The predicted molar refractivity (Wildman–Crippen MR) is 90.7 cm³/mol. The van der Waals surface area contributed by atoms with Gasteiger partial charge in [0.25, 0.3) is 0 Å². The summed E-state index contributed by atoms with van der Waals surface area (Å²) in [6, 6.07) is 8.09. The molecule has 1 amide bonds. The van der Waals surface area contributed by atoms with Crippen LogP contribution in [-0.2, 0) is 22.4 Å². The topological polar surface area (TPSA) is 52.3 Å². The number of benzene rings is 1. The number of amides is 1. The van der Waals surface area contributed by atoms with Gasteiger partial charge in [0.05, 0.1) is 6.42 Å². The third kappa shape index (κ3) is 9.64. The van der Waals surface area contributed by atoms with Gasteiger partial charge in [-0.1, -0.05) is 53.0 Å². The second-order valence-electron chi connectivity index (χ2n) is 5.28. The highest BCUT2D eigenvalue weighted by molar-refractivity contribution is 9.09. The first kappa shape index (κ1) is 18.2. The molecule has 4 heteroatoms. The lowest BCUT2D eigenvalue weighted by atomic mass is 10.1. The number of nitrogens with two attached hydrogens (primary N) is 1. The Bertz CT molecular complexity index is 392. The molecule has 0 spiro atoms. The Labute approximate surface area is 136 Å². The number of primary amides is 1. The summed E-state index contributed by atoms with van der Waals surface area (Å²) in [5.74, 6) is -0.285. The zero-order valence-electron chi connectivity index (χ0n) is 12.7. The van der Waals surface area contributed by atoms with E-state index in [2.05, 4.69) is 28.1 Å². The molecule has 118 valence electrons. The third-order valence-corrected chi connectivity index (χ3v) is 3.89. The summed E-state index contributed by atoms with van der Waals surface area (Å²) in [6.07, 6.45) is 7.33. The average Bonchev–Trinajstić information content (AvgIpc) is 2.47. The molecule has 0 saturated carbocycles. The van der Waals surface area contributed by atoms with Crippen LogP contribution >= 0.6 is 15.9 Å². The number of carbonyl (C=O) groups excluding carboxylic acids is 1. The minimum Gasteiger partial charge on any atom is -0.381 e. The molecule has 0 saturated heterocycles. The van der Waals surface area contributed by atoms with Gasteiger partial charge in [0, 0.05) is 18.5 Å². The van der Waals surface area contributed by atoms with E-state index >= 15 is 0 Å². The predicted octanol–water partition coefficient (Wildman–Crippen LogP) is 3.62. The van der Waals surface area contributed by atoms with Crippen LogP contribution in [0.4, 0.5) is 0 Å². The van der Waals surface area contributed by atoms with Crippen molar-refractivity contribution in [3.05, 3.63) is 35.4 Å². The fourth-order valence-corrected chi connectivity index (χ4v) is 2.55. The molecule has 0 aliphatic rings. The Kier molecular flexibility index (Phi) is 10.2. The van der Waals surface area contributed by atoms with Crippen LogP contribution in [0.25, 0.3) is 0 Å². The number of alkyl halides is 1. The van der Waals surface area contributed by atoms with E-state index < -0.39 is 0 Å². The van der Waals surface area contributed by atoms with E-state index in [9.17, 15) is 4.79 Å². The first-order valence-electron chi connectivity index (χ1n) is 7.72. The van der Waals surface area contributed by atoms with E-state index in [1.807, 2.05) is 12.1 Å². The fraction of sp³-hybridized carbons (Fsp3) is 0.588. The highest BCUT2D eigenvalue weighted by atomic mass is 79.9. The number of hydrogen-bond donors (Lipinski definition) is 1. The van der Waals surface area contributed by atoms with Gasteiger partial charge in [-0.25, -0.2) is 0 Å². The minimum atomic E-state index is -0.285. The fourth-order valence-electron chi connectivity index (χ4n) is 2.16. The molecule has 0 heterocycles. The summed E-state index contributed by atoms with van der Waals surface area (Å²) in [5.41, 5.74) is 7.43. The van der Waals surface area contributed by atoms with Crippen LogP contribution in [0.2, 0.25) is 0 Å². The zero-order valence-corrected chi connectivity index (χ0v) is 14.2. The number of hydrogen-bond acceptors (Lipinski definition) is 2. The summed E-state index contributed by atoms with van der Waals surface area (Å²) < 4.78 is 5.64. The number of halogens is 1. The lowest BCUT2D eigenvalue weighted by Crippen LogP contribution is -2.13. The number of rotatable bonds is 12. The molecule has 0 unspecified atom stereocenters. The standard InChI is InChI=1S/C17H26BrNO2/c18-11-3-1-2-4-12-21-13-5-6-15-7-9-16(10-8-15)14-17(19)20/h7-10H,1-6,11-14H2,(H2,19,20). The highest BCUT2D eigenvalue weighted by Crippen LogP contribution is 2.08. The largest absolute Gasteiger partial charge is 0.381 e. The molecule has 0 fully saturated rings. The zero-order chi connectivity index (χ0) is 15.3. The molecule has 3 nitrogen and oxygen atoms in total. The molecule has 0 aliphatic carbocycles. The van der Waals surface area contributed by atoms with Crippen molar-refractivity contribution < 1.29 is 9.53 Å². The summed E-state index contributed by atoms with van der Waals surface area (Å²) >= 11 is 3.44. The molecule has 0 aliphatic heterocycles. The van der Waals surface area contributed by atoms with Crippen molar-refractivity contribution in [2.24, 2.45) is 5.73 Å². The molecule has 1 aromatic carbocycles. The molecular weight excluding hydrogens is 330 g/mol. The van der Waals surface area contributed by atoms with Gasteiger partial charge in [-0.05, 0) is 36.8 Å². The molecular formula is C17H26BrNO2. The van der Waals surface area contributed by atoms with E-state index in [1.54, 1.807) is 0 Å². The number of unbranched alkanes of at least 4 members (excludes halogenated alkanes) is 3. The summed E-state index contributed by atoms with van der Waals surface area (Å²) in [6.45, 7) is 1.70. The van der Waals surface area contributed by atoms with Crippen LogP contribution in [0.5, 0.6) is 0 Å². The Morgan fingerprint density at radius 3 is 2.24 bits per heavy atom. The van der Waals surface area contributed by atoms with Gasteiger partial charge < -0.3 is 10.5 Å². The van der Waals surface area contributed by atoms with Crippen molar-refractivity contribution in [1.82, 2.24) is 0 Å². The molecule has 0 atom stereocenters. The first-order valence-corrected chi connectivity index (χ1v) is 8.84. The third-order valence-electron chi connectivity index (χ3n) is 3.33. The van der Waals surface area contributed by atoms with Crippen LogP contribution in [0.1, 0.15) is 43.2 Å². The quantitative estimate of drug-likeness (QED) is 0.459. The maximum Gasteiger partial charge on any atom is 0.221 e. The van der Waals surface area contributed by atoms with Crippen LogP contribution in [0.15, 0.2) is 24.3 Å². The number of aryl methyl sites for hydroxylation is 1. The van der Waals surface area contributed by atoms with Crippen LogP contribution in [0.3, 0.4) is 0 Å². The van der Waals surface area contributed by atoms with E-state index in [0.717, 1.165) is 43.4 Å². The Hall–Kier alpha value is -0.870. The van der Waals surface area contributed by atoms with Gasteiger partial charge in [-0.3, -0.25) is 4.79 Å². The molecule has 0 bridgehead atoms. The number of ether oxygens (including phenoxy) is 1. The maximum absolute atomic E-state index is 10.8. The van der Waals surface area contributed by atoms with Gasteiger partial charge in [-0.15, -0.1) is 0 Å². The highest BCUT2D eigenvalue weighted by Gasteiger charge is 1.99. The molecule has 21 heavy (non-hydrogen) atoms. The smallest absolute Gasteiger partial charge is 0.221 e. The number of carbonyl (C=O) groups is 1. The van der Waals surface area contributed by atoms with Gasteiger partial charge in [0.15, 0.2) is 0 Å². The maximum atomic E-state index is 10.8. The van der Waals surface area contributed by atoms with E-state index in [1.165, 1.54) is 24.8 Å². The summed E-state index contributed by atoms with van der Waals surface area (Å²) in [4.78, 5) is 10.8. The summed E-state index contributed by atoms with van der Waals surface area (Å²) in [7, 11) is 0. The molecule has 1 rings (SSSR count). The normalized spacial score (nSPS) is 10.7. The van der Waals surface area contributed by atoms with Crippen LogP contribution in [0, 0.1) is 0 Å². The lowest BCUT2D eigenvalue weighted by Gasteiger charge is -2.05. The van der Waals surface area contributed by atoms with Crippen molar-refractivity contribution in [2.75, 3.05) is 18.5 Å². The van der Waals surface area contributed by atoms with Gasteiger partial charge in [0.1, 0.15) is 0 Å². The average molecular weight is 356 g/mol. The van der Waals surface area contributed by atoms with Gasteiger partial charge >= 0.3 is 0 Å². The van der Waals surface area contributed by atoms with Crippen molar-refractivity contribution >= 4 is 21.8 Å². The minimum absolute atomic E-state index is 0.285. The lowest BCUT2D eigenvalue weighted by molar-refractivity contribution is -0.117. The Balaban J connectivity index is 2.03. The van der Waals surface area contributed by atoms with Crippen LogP contribution in [-0.4, -0.2) is 24.5 Å². The van der Waals surface area contributed by atoms with Crippen LogP contribution < -0.4 is 5.73 Å². The van der Waals surface area contributed by atoms with Gasteiger partial charge in [0.2, 0.25) is 5.91 Å². The second kappa shape index (κ2) is 11.8. The van der Waals surface area contributed by atoms with E-state index in [-0.39, 0.29) is 5.91 Å².